The van der Waals surface area contributed by atoms with E-state index in [1.165, 1.54) is 25.3 Å². The number of carbonyl (C=O) groups is 1. The van der Waals surface area contributed by atoms with Gasteiger partial charge in [-0.15, -0.1) is 0 Å². The van der Waals surface area contributed by atoms with Gasteiger partial charge in [0.2, 0.25) is 10.0 Å². The Morgan fingerprint density at radius 3 is 1.94 bits per heavy atom. The molecule has 0 aliphatic carbocycles. The maximum atomic E-state index is 13.6. The van der Waals surface area contributed by atoms with Gasteiger partial charge in [0.15, 0.2) is 0 Å². The summed E-state index contributed by atoms with van der Waals surface area (Å²) in [5.74, 6) is -0.547. The van der Waals surface area contributed by atoms with Gasteiger partial charge < -0.3 is 15.5 Å². The summed E-state index contributed by atoms with van der Waals surface area (Å²) in [7, 11) is -2.58. The van der Waals surface area contributed by atoms with Crippen molar-refractivity contribution in [1.82, 2.24) is 29.2 Å². The van der Waals surface area contributed by atoms with Crippen LogP contribution in [0.2, 0.25) is 0 Å². The highest BCUT2D eigenvalue weighted by atomic mass is 32.2. The number of hydrogen-bond acceptors (Lipinski definition) is 9. The number of fused-ring (bicyclic) bond motifs is 1. The monoisotopic (exact) mass is 686 g/mol. The molecule has 0 unspecified atom stereocenters. The number of anilines is 1. The number of ether oxygens (including phenoxy) is 1. The lowest BCUT2D eigenvalue weighted by Crippen LogP contribution is -2.43. The molecule has 0 amide bonds. The third-order valence-electron chi connectivity index (χ3n) is 7.22. The van der Waals surface area contributed by atoms with E-state index in [0.717, 1.165) is 11.9 Å². The minimum Gasteiger partial charge on any atom is -0.465 e. The number of esters is 1. The van der Waals surface area contributed by atoms with Crippen LogP contribution in [0.5, 0.6) is 0 Å². The molecule has 0 radical (unpaired) electrons. The lowest BCUT2D eigenvalue weighted by Gasteiger charge is -2.15. The van der Waals surface area contributed by atoms with E-state index >= 15 is 0 Å². The quantitative estimate of drug-likeness (QED) is 0.152. The van der Waals surface area contributed by atoms with Crippen LogP contribution in [0.1, 0.15) is 61.3 Å². The zero-order valence-electron chi connectivity index (χ0n) is 27.1. The van der Waals surface area contributed by atoms with Gasteiger partial charge in [0.1, 0.15) is 13.3 Å². The topological polar surface area (TPSA) is 189 Å². The number of methoxy groups -OCH3 is 1. The number of hydrogen-bond donors (Lipinski definition) is 3. The van der Waals surface area contributed by atoms with Gasteiger partial charge in [-0.2, -0.15) is 14.9 Å². The Hall–Kier alpha value is -5.32. The second kappa shape index (κ2) is 14.2. The van der Waals surface area contributed by atoms with Crippen molar-refractivity contribution in [2.75, 3.05) is 23.9 Å². The van der Waals surface area contributed by atoms with Crippen LogP contribution in [0.15, 0.2) is 58.4 Å². The van der Waals surface area contributed by atoms with Crippen molar-refractivity contribution in [3.63, 3.8) is 0 Å². The van der Waals surface area contributed by atoms with Gasteiger partial charge >= 0.3 is 11.7 Å². The minimum absolute atomic E-state index is 0.00250. The van der Waals surface area contributed by atoms with Crippen LogP contribution >= 0.6 is 0 Å². The molecule has 3 heterocycles. The van der Waals surface area contributed by atoms with E-state index in [1.807, 2.05) is 32.5 Å². The Labute approximate surface area is 274 Å². The lowest BCUT2D eigenvalue weighted by molar-refractivity contribution is 0.0602. The SMILES string of the molecule is CC(C)n1nccc1-c1cc2c(=O)n(NS(C)(=O)=O)c(=O)[nH]c2cc1CF.COC(=O)c1cc(-c2ccnn2C(C)C)c(CF)cc1N. The average molecular weight is 687 g/mol. The number of nitrogens with one attached hydrogen (secondary N) is 2. The maximum absolute atomic E-state index is 13.6. The molecule has 0 atom stereocenters. The largest absolute Gasteiger partial charge is 0.465 e. The van der Waals surface area contributed by atoms with Gasteiger partial charge in [-0.3, -0.25) is 14.2 Å². The van der Waals surface area contributed by atoms with Crippen LogP contribution in [0.3, 0.4) is 0 Å². The van der Waals surface area contributed by atoms with E-state index < -0.39 is 40.6 Å². The molecule has 4 N–H and O–H groups in total. The molecule has 3 aromatic heterocycles. The van der Waals surface area contributed by atoms with E-state index in [-0.39, 0.29) is 39.8 Å². The number of halogens is 2. The van der Waals surface area contributed by atoms with E-state index in [2.05, 4.69) is 15.2 Å². The number of alkyl halides is 2. The Bertz CT molecular complexity index is 2200. The van der Waals surface area contributed by atoms with Gasteiger partial charge in [0.25, 0.3) is 5.56 Å². The second-order valence-electron chi connectivity index (χ2n) is 11.4. The number of aromatic amines is 1. The first-order chi connectivity index (χ1) is 22.6. The summed E-state index contributed by atoms with van der Waals surface area (Å²) >= 11 is 0. The standard InChI is InChI=1S/C16H18FN5O4S.C15H18FN3O2/c1-9(2)21-14(4-5-18-21)11-7-12-13(6-10(11)8-17)19-16(24)22(15(12)23)20-27(3,25)26;1-9(2)19-14(4-5-18-19)11-7-12(15(20)21-3)13(17)6-10(11)8-16/h4-7,9,20H,8H2,1-3H3,(H,19,24);4-7,9H,8,17H2,1-3H3. The molecule has 0 aliphatic rings. The third-order valence-corrected chi connectivity index (χ3v) is 7.73. The molecular weight excluding hydrogens is 650 g/mol. The number of aromatic nitrogens is 6. The number of carbonyl (C=O) groups excluding carboxylic acids is 1. The highest BCUT2D eigenvalue weighted by Gasteiger charge is 2.20. The number of rotatable bonds is 9. The molecular formula is C31H36F2N8O6S. The van der Waals surface area contributed by atoms with E-state index in [0.29, 0.717) is 27.1 Å². The van der Waals surface area contributed by atoms with Gasteiger partial charge in [0, 0.05) is 41.3 Å². The molecule has 5 aromatic rings. The molecule has 0 aliphatic heterocycles. The lowest BCUT2D eigenvalue weighted by atomic mass is 10.00. The fourth-order valence-electron chi connectivity index (χ4n) is 5.08. The molecule has 0 spiro atoms. The van der Waals surface area contributed by atoms with Gasteiger partial charge in [-0.25, -0.2) is 31.6 Å². The third kappa shape index (κ3) is 7.30. The Kier molecular flexibility index (Phi) is 10.5. The van der Waals surface area contributed by atoms with E-state index in [9.17, 15) is 31.6 Å². The van der Waals surface area contributed by atoms with E-state index in [1.54, 1.807) is 40.0 Å². The molecule has 5 rings (SSSR count). The van der Waals surface area contributed by atoms with Gasteiger partial charge in [0.05, 0.1) is 41.2 Å². The van der Waals surface area contributed by atoms with Crippen molar-refractivity contribution in [3.8, 4) is 22.5 Å². The van der Waals surface area contributed by atoms with Crippen LogP contribution in [-0.2, 0) is 28.1 Å². The fraction of sp³-hybridized carbons (Fsp3) is 0.323. The summed E-state index contributed by atoms with van der Waals surface area (Å²) in [6.07, 6.45) is 4.03. The molecule has 2 aromatic carbocycles. The number of benzene rings is 2. The Morgan fingerprint density at radius 1 is 0.938 bits per heavy atom. The first-order valence-electron chi connectivity index (χ1n) is 14.6. The minimum atomic E-state index is -3.86. The van der Waals surface area contributed by atoms with Crippen molar-refractivity contribution >= 4 is 32.6 Å². The normalized spacial score (nSPS) is 11.5. The summed E-state index contributed by atoms with van der Waals surface area (Å²) in [5, 5.41) is 8.48. The number of nitrogens with zero attached hydrogens (tertiary/aromatic N) is 5. The molecule has 0 fully saturated rings. The predicted molar refractivity (Wildman–Crippen MR) is 178 cm³/mol. The van der Waals surface area contributed by atoms with Gasteiger partial charge in [-0.05, 0) is 75.2 Å². The van der Waals surface area contributed by atoms with Gasteiger partial charge in [-0.1, -0.05) is 0 Å². The summed E-state index contributed by atoms with van der Waals surface area (Å²) < 4.78 is 58.3. The summed E-state index contributed by atoms with van der Waals surface area (Å²) in [5.41, 5.74) is 7.58. The summed E-state index contributed by atoms with van der Waals surface area (Å²) in [4.78, 5) is 40.7. The van der Waals surface area contributed by atoms with Crippen LogP contribution in [0.4, 0.5) is 14.5 Å². The Balaban J connectivity index is 0.000000224. The molecule has 256 valence electrons. The highest BCUT2D eigenvalue weighted by Crippen LogP contribution is 2.31. The van der Waals surface area contributed by atoms with Crippen molar-refractivity contribution in [2.24, 2.45) is 0 Å². The zero-order chi connectivity index (χ0) is 35.5. The number of sulfonamides is 1. The van der Waals surface area contributed by atoms with Crippen LogP contribution in [-0.4, -0.2) is 57.0 Å². The van der Waals surface area contributed by atoms with Crippen molar-refractivity contribution in [2.45, 2.75) is 53.1 Å². The zero-order valence-corrected chi connectivity index (χ0v) is 27.9. The number of nitrogens with two attached hydrogens (primary N) is 1. The molecule has 48 heavy (non-hydrogen) atoms. The average Bonchev–Trinajstić information content (AvgIpc) is 3.73. The Morgan fingerprint density at radius 2 is 1.46 bits per heavy atom. The molecule has 0 saturated heterocycles. The van der Waals surface area contributed by atoms with Crippen LogP contribution in [0.25, 0.3) is 33.4 Å². The molecule has 14 nitrogen and oxygen atoms in total. The van der Waals surface area contributed by atoms with Crippen molar-refractivity contribution in [3.05, 3.63) is 86.3 Å². The molecule has 0 saturated carbocycles. The molecule has 17 heteroatoms. The smallest absolute Gasteiger partial charge is 0.348 e. The first kappa shape index (κ1) is 35.5. The van der Waals surface area contributed by atoms with Crippen molar-refractivity contribution < 1.29 is 26.7 Å². The maximum Gasteiger partial charge on any atom is 0.348 e. The fourth-order valence-corrected chi connectivity index (χ4v) is 5.58. The van der Waals surface area contributed by atoms with E-state index in [4.69, 9.17) is 10.5 Å². The van der Waals surface area contributed by atoms with Crippen molar-refractivity contribution in [1.29, 1.82) is 0 Å². The highest BCUT2D eigenvalue weighted by molar-refractivity contribution is 7.91. The second-order valence-corrected chi connectivity index (χ2v) is 13.1. The number of H-pyrrole nitrogens is 1. The first-order valence-corrected chi connectivity index (χ1v) is 16.5. The number of nitrogen functional groups attached to an aromatic ring is 1. The summed E-state index contributed by atoms with van der Waals surface area (Å²) in [6, 6.07) is 9.42. The molecule has 0 bridgehead atoms. The predicted octanol–water partition coefficient (Wildman–Crippen LogP) is 4.08. The van der Waals surface area contributed by atoms with Crippen LogP contribution in [0, 0.1) is 0 Å². The van der Waals surface area contributed by atoms with Crippen LogP contribution < -0.4 is 21.8 Å². The summed E-state index contributed by atoms with van der Waals surface area (Å²) in [6.45, 7) is 6.28.